The number of ether oxygens (including phenoxy) is 1. The van der Waals surface area contributed by atoms with Crippen LogP contribution in [-0.2, 0) is 12.6 Å². The Morgan fingerprint density at radius 1 is 1.29 bits per heavy atom. The second-order valence-corrected chi connectivity index (χ2v) is 8.55. The molecule has 0 aliphatic rings. The van der Waals surface area contributed by atoms with Gasteiger partial charge < -0.3 is 15.2 Å². The summed E-state index contributed by atoms with van der Waals surface area (Å²) in [6.07, 6.45) is -7.04. The first-order chi connectivity index (χ1) is 15.6. The number of rotatable bonds is 6. The second kappa shape index (κ2) is 8.91. The number of benzene rings is 1. The average Bonchev–Trinajstić information content (AvgIpc) is 3.25. The normalized spacial score (nSPS) is 13.1. The lowest BCUT2D eigenvalue weighted by atomic mass is 10.0. The molecule has 0 fully saturated rings. The molecule has 0 radical (unpaired) electrons. The van der Waals surface area contributed by atoms with Gasteiger partial charge in [0.05, 0.1) is 22.6 Å². The number of aromatic amines is 1. The molecule has 1 aromatic carbocycles. The number of H-pyrrole nitrogens is 1. The summed E-state index contributed by atoms with van der Waals surface area (Å²) in [5.74, 6) is -2.42. The number of nitrogens with zero attached hydrogens (tertiary/aromatic N) is 3. The predicted molar refractivity (Wildman–Crippen MR) is 116 cm³/mol. The van der Waals surface area contributed by atoms with Crippen molar-refractivity contribution in [3.8, 4) is 17.0 Å². The number of hydrogen-bond acceptors (Lipinski definition) is 5. The lowest BCUT2D eigenvalue weighted by molar-refractivity contribution is -0.189. The summed E-state index contributed by atoms with van der Waals surface area (Å²) in [6.45, 7) is 5.32. The molecule has 3 aromatic rings. The number of carbonyl (C=O) groups is 1. The maximum absolute atomic E-state index is 15.1. The van der Waals surface area contributed by atoms with Crippen LogP contribution in [0, 0.1) is 12.7 Å². The van der Waals surface area contributed by atoms with Gasteiger partial charge in [-0.15, -0.1) is 0 Å². The first kappa shape index (κ1) is 25.5. The minimum atomic E-state index is -4.74. The van der Waals surface area contributed by atoms with Crippen molar-refractivity contribution in [3.05, 3.63) is 46.1 Å². The Morgan fingerprint density at radius 3 is 2.44 bits per heavy atom. The van der Waals surface area contributed by atoms with Crippen LogP contribution in [0.5, 0.6) is 5.75 Å². The predicted octanol–water partition coefficient (Wildman–Crippen LogP) is 4.72. The van der Waals surface area contributed by atoms with Crippen LogP contribution in [-0.4, -0.2) is 43.3 Å². The van der Waals surface area contributed by atoms with Crippen LogP contribution in [0.25, 0.3) is 11.3 Å². The van der Waals surface area contributed by atoms with Crippen LogP contribution in [0.1, 0.15) is 42.5 Å². The Hall–Kier alpha value is -3.12. The highest BCUT2D eigenvalue weighted by Gasteiger charge is 2.39. The van der Waals surface area contributed by atoms with E-state index in [2.05, 4.69) is 20.6 Å². The fourth-order valence-corrected chi connectivity index (χ4v) is 3.41. The summed E-state index contributed by atoms with van der Waals surface area (Å²) in [6, 6.07) is 3.11. The molecule has 1 amide bonds. The van der Waals surface area contributed by atoms with E-state index in [0.717, 1.165) is 19.1 Å². The Morgan fingerprint density at radius 2 is 1.94 bits per heavy atom. The molecule has 2 heterocycles. The van der Waals surface area contributed by atoms with Crippen molar-refractivity contribution in [2.24, 2.45) is 7.05 Å². The zero-order chi connectivity index (χ0) is 25.6. The van der Waals surface area contributed by atoms with E-state index in [0.29, 0.717) is 11.4 Å². The third kappa shape index (κ3) is 5.17. The van der Waals surface area contributed by atoms with Crippen molar-refractivity contribution < 1.29 is 32.2 Å². The van der Waals surface area contributed by atoms with Gasteiger partial charge in [0, 0.05) is 12.6 Å². The lowest BCUT2D eigenvalue weighted by Gasteiger charge is -2.20. The SMILES string of the molecule is Cc1[nH]nc(Cl)c1NC(=O)c1cc(F)c(-c2cc(C(C)(C)O)n(C)n2)cc1OC(C)C(F)(F)F. The number of alkyl halides is 3. The van der Waals surface area contributed by atoms with E-state index in [9.17, 15) is 23.1 Å². The lowest BCUT2D eigenvalue weighted by Crippen LogP contribution is -2.32. The van der Waals surface area contributed by atoms with E-state index < -0.39 is 40.9 Å². The Balaban J connectivity index is 2.11. The van der Waals surface area contributed by atoms with E-state index in [4.69, 9.17) is 16.3 Å². The van der Waals surface area contributed by atoms with Crippen molar-refractivity contribution in [1.82, 2.24) is 20.0 Å². The van der Waals surface area contributed by atoms with Crippen molar-refractivity contribution in [1.29, 1.82) is 0 Å². The molecule has 0 saturated heterocycles. The molecular weight excluding hydrogens is 482 g/mol. The highest BCUT2D eigenvalue weighted by molar-refractivity contribution is 6.33. The number of aromatic nitrogens is 4. The van der Waals surface area contributed by atoms with Crippen LogP contribution in [0.2, 0.25) is 5.15 Å². The van der Waals surface area contributed by atoms with Crippen LogP contribution < -0.4 is 10.1 Å². The van der Waals surface area contributed by atoms with Crippen LogP contribution in [0.15, 0.2) is 18.2 Å². The maximum Gasteiger partial charge on any atom is 0.425 e. The molecule has 13 heteroatoms. The number of hydrogen-bond donors (Lipinski definition) is 3. The average molecular weight is 504 g/mol. The molecule has 1 unspecified atom stereocenters. The van der Waals surface area contributed by atoms with Crippen molar-refractivity contribution >= 4 is 23.2 Å². The molecular formula is C21H22ClF4N5O3. The van der Waals surface area contributed by atoms with E-state index in [1.165, 1.54) is 31.6 Å². The van der Waals surface area contributed by atoms with E-state index >= 15 is 4.39 Å². The fourth-order valence-electron chi connectivity index (χ4n) is 3.18. The van der Waals surface area contributed by atoms with Gasteiger partial charge in [0.25, 0.3) is 5.91 Å². The standard InChI is InChI=1S/C21H22ClF4N5O3/c1-9-17(18(22)29-28-9)27-19(32)12-6-13(23)11(7-15(12)34-10(2)21(24,25)26)14-8-16(20(3,4)33)31(5)30-14/h6-8,10,33H,1-5H3,(H,27,32)(H,28,29). The van der Waals surface area contributed by atoms with Gasteiger partial charge in [-0.25, -0.2) is 4.39 Å². The molecule has 2 aromatic heterocycles. The first-order valence-corrected chi connectivity index (χ1v) is 10.3. The zero-order valence-corrected chi connectivity index (χ0v) is 19.6. The van der Waals surface area contributed by atoms with Gasteiger partial charge in [-0.05, 0) is 45.9 Å². The summed E-state index contributed by atoms with van der Waals surface area (Å²) in [5.41, 5.74) is -1.19. The molecule has 1 atom stereocenters. The summed E-state index contributed by atoms with van der Waals surface area (Å²) < 4.78 is 61.1. The molecule has 8 nitrogen and oxygen atoms in total. The van der Waals surface area contributed by atoms with Crippen LogP contribution in [0.4, 0.5) is 23.2 Å². The molecule has 0 bridgehead atoms. The number of carbonyl (C=O) groups excluding carboxylic acids is 1. The minimum Gasteiger partial charge on any atom is -0.480 e. The van der Waals surface area contributed by atoms with E-state index in [1.54, 1.807) is 6.92 Å². The smallest absolute Gasteiger partial charge is 0.425 e. The molecule has 3 N–H and O–H groups in total. The Kier molecular flexibility index (Phi) is 6.68. The molecule has 34 heavy (non-hydrogen) atoms. The number of aliphatic hydroxyl groups is 1. The van der Waals surface area contributed by atoms with Gasteiger partial charge in [0.2, 0.25) is 0 Å². The number of halogens is 5. The largest absolute Gasteiger partial charge is 0.480 e. The first-order valence-electron chi connectivity index (χ1n) is 9.95. The van der Waals surface area contributed by atoms with Gasteiger partial charge in [-0.2, -0.15) is 23.4 Å². The summed E-state index contributed by atoms with van der Waals surface area (Å²) in [4.78, 5) is 12.9. The molecule has 0 saturated carbocycles. The third-order valence-electron chi connectivity index (χ3n) is 5.00. The van der Waals surface area contributed by atoms with Crippen molar-refractivity contribution in [3.63, 3.8) is 0 Å². The van der Waals surface area contributed by atoms with Gasteiger partial charge in [-0.3, -0.25) is 14.6 Å². The van der Waals surface area contributed by atoms with E-state index in [1.807, 2.05) is 0 Å². The number of anilines is 1. The zero-order valence-electron chi connectivity index (χ0n) is 18.8. The van der Waals surface area contributed by atoms with Crippen LogP contribution >= 0.6 is 11.6 Å². The fraction of sp³-hybridized carbons (Fsp3) is 0.381. The summed E-state index contributed by atoms with van der Waals surface area (Å²) in [7, 11) is 1.52. The summed E-state index contributed by atoms with van der Waals surface area (Å²) in [5, 5.41) is 23.0. The highest BCUT2D eigenvalue weighted by Crippen LogP contribution is 2.35. The van der Waals surface area contributed by atoms with Gasteiger partial charge >= 0.3 is 6.18 Å². The molecule has 184 valence electrons. The monoisotopic (exact) mass is 503 g/mol. The van der Waals surface area contributed by atoms with Gasteiger partial charge in [0.1, 0.15) is 22.9 Å². The number of aryl methyl sites for hydroxylation is 2. The number of amides is 1. The minimum absolute atomic E-state index is 0.0299. The molecule has 0 aliphatic carbocycles. The highest BCUT2D eigenvalue weighted by atomic mass is 35.5. The topological polar surface area (TPSA) is 105 Å². The molecule has 3 rings (SSSR count). The van der Waals surface area contributed by atoms with E-state index in [-0.39, 0.29) is 22.1 Å². The maximum atomic E-state index is 15.1. The third-order valence-corrected chi connectivity index (χ3v) is 5.28. The Labute approximate surface area is 196 Å². The summed E-state index contributed by atoms with van der Waals surface area (Å²) >= 11 is 5.91. The van der Waals surface area contributed by atoms with Crippen molar-refractivity contribution in [2.45, 2.75) is 45.6 Å². The van der Waals surface area contributed by atoms with Gasteiger partial charge in [0.15, 0.2) is 11.3 Å². The second-order valence-electron chi connectivity index (χ2n) is 8.20. The molecule has 0 spiro atoms. The quantitative estimate of drug-likeness (QED) is 0.422. The molecule has 0 aliphatic heterocycles. The van der Waals surface area contributed by atoms with Gasteiger partial charge in [-0.1, -0.05) is 11.6 Å². The number of nitrogens with one attached hydrogen (secondary N) is 2. The Bertz CT molecular complexity index is 1210. The van der Waals surface area contributed by atoms with Crippen LogP contribution in [0.3, 0.4) is 0 Å². The van der Waals surface area contributed by atoms with Crippen molar-refractivity contribution in [2.75, 3.05) is 5.32 Å².